The number of hydrogen-bond donors (Lipinski definition) is 1. The van der Waals surface area contributed by atoms with E-state index in [1.165, 1.54) is 19.2 Å². The first-order valence-electron chi connectivity index (χ1n) is 5.38. The van der Waals surface area contributed by atoms with E-state index >= 15 is 0 Å². The van der Waals surface area contributed by atoms with Crippen LogP contribution in [-0.2, 0) is 20.6 Å². The highest BCUT2D eigenvalue weighted by Gasteiger charge is 2.22. The summed E-state index contributed by atoms with van der Waals surface area (Å²) in [5.41, 5.74) is 0.121. The molecule has 0 spiro atoms. The Morgan fingerprint density at radius 2 is 2.16 bits per heavy atom. The summed E-state index contributed by atoms with van der Waals surface area (Å²) in [5.74, 6) is -0.946. The molecule has 0 aliphatic rings. The van der Waals surface area contributed by atoms with Gasteiger partial charge < -0.3 is 4.74 Å². The molecule has 108 valence electrons. The molecular formula is C11H14BrClFNO3S. The Labute approximate surface area is 125 Å². The largest absolute Gasteiger partial charge is 0.380 e. The van der Waals surface area contributed by atoms with Crippen LogP contribution < -0.4 is 4.72 Å². The number of halogens is 3. The van der Waals surface area contributed by atoms with E-state index in [2.05, 4.69) is 20.7 Å². The second-order valence-corrected chi connectivity index (χ2v) is 6.83. The fourth-order valence-electron chi connectivity index (χ4n) is 1.30. The van der Waals surface area contributed by atoms with Gasteiger partial charge in [0.1, 0.15) is 10.7 Å². The summed E-state index contributed by atoms with van der Waals surface area (Å²) in [5, 5.41) is 0. The Hall–Kier alpha value is -0.210. The molecule has 19 heavy (non-hydrogen) atoms. The molecule has 0 aromatic heterocycles. The molecule has 8 heteroatoms. The molecule has 1 aromatic rings. The van der Waals surface area contributed by atoms with E-state index in [9.17, 15) is 12.8 Å². The zero-order chi connectivity index (χ0) is 14.6. The van der Waals surface area contributed by atoms with Gasteiger partial charge in [0.05, 0.1) is 12.0 Å². The van der Waals surface area contributed by atoms with Crippen LogP contribution in [0.25, 0.3) is 0 Å². The highest BCUT2D eigenvalue weighted by Crippen LogP contribution is 2.25. The number of alkyl halides is 1. The van der Waals surface area contributed by atoms with Crippen molar-refractivity contribution in [3.63, 3.8) is 0 Å². The summed E-state index contributed by atoms with van der Waals surface area (Å²) >= 11 is 8.71. The van der Waals surface area contributed by atoms with Gasteiger partial charge in [-0.15, -0.1) is 11.6 Å². The van der Waals surface area contributed by atoms with Crippen LogP contribution in [0.15, 0.2) is 21.5 Å². The lowest BCUT2D eigenvalue weighted by Crippen LogP contribution is -2.32. The molecule has 1 N–H and O–H groups in total. The summed E-state index contributed by atoms with van der Waals surface area (Å²) in [6, 6.07) is 2.64. The minimum Gasteiger partial charge on any atom is -0.380 e. The predicted molar refractivity (Wildman–Crippen MR) is 75.3 cm³/mol. The molecule has 1 unspecified atom stereocenters. The van der Waals surface area contributed by atoms with Crippen molar-refractivity contribution in [2.75, 3.05) is 13.7 Å². The van der Waals surface area contributed by atoms with E-state index in [1.54, 1.807) is 6.92 Å². The molecule has 0 fully saturated rings. The summed E-state index contributed by atoms with van der Waals surface area (Å²) in [6.45, 7) is 1.75. The second kappa shape index (κ2) is 6.99. The van der Waals surface area contributed by atoms with Crippen molar-refractivity contribution >= 4 is 37.6 Å². The number of nitrogens with one attached hydrogen (secondary N) is 1. The van der Waals surface area contributed by atoms with Gasteiger partial charge in [0.15, 0.2) is 0 Å². The van der Waals surface area contributed by atoms with Gasteiger partial charge in [-0.25, -0.2) is 17.5 Å². The normalized spacial score (nSPS) is 13.5. The van der Waals surface area contributed by atoms with Gasteiger partial charge in [-0.2, -0.15) is 0 Å². The molecule has 0 saturated carbocycles. The van der Waals surface area contributed by atoms with Crippen LogP contribution in [-0.4, -0.2) is 28.2 Å². The van der Waals surface area contributed by atoms with Crippen LogP contribution in [0.5, 0.6) is 0 Å². The van der Waals surface area contributed by atoms with Crippen molar-refractivity contribution in [3.05, 3.63) is 28.0 Å². The number of methoxy groups -OCH3 is 1. The topological polar surface area (TPSA) is 55.4 Å². The Kier molecular flexibility index (Phi) is 6.19. The first-order chi connectivity index (χ1) is 8.81. The van der Waals surface area contributed by atoms with Gasteiger partial charge in [0.25, 0.3) is 0 Å². The molecule has 0 heterocycles. The lowest BCUT2D eigenvalue weighted by atomic mass is 10.2. The third kappa shape index (κ3) is 4.39. The first-order valence-corrected chi connectivity index (χ1v) is 8.19. The summed E-state index contributed by atoms with van der Waals surface area (Å²) < 4.78 is 45.7. The van der Waals surface area contributed by atoms with Crippen LogP contribution in [0, 0.1) is 5.82 Å². The van der Waals surface area contributed by atoms with Crippen LogP contribution in [0.4, 0.5) is 4.39 Å². The Balaban J connectivity index is 3.11. The smallest absolute Gasteiger partial charge is 0.243 e. The molecule has 0 amide bonds. The number of sulfonamides is 1. The zero-order valence-corrected chi connectivity index (χ0v) is 13.6. The molecule has 4 nitrogen and oxygen atoms in total. The van der Waals surface area contributed by atoms with Crippen molar-refractivity contribution < 1.29 is 17.5 Å². The lowest BCUT2D eigenvalue weighted by molar-refractivity contribution is 0.122. The van der Waals surface area contributed by atoms with Gasteiger partial charge >= 0.3 is 0 Å². The summed E-state index contributed by atoms with van der Waals surface area (Å²) in [4.78, 5) is -0.430. The van der Waals surface area contributed by atoms with Crippen molar-refractivity contribution in [2.24, 2.45) is 0 Å². The fourth-order valence-corrected chi connectivity index (χ4v) is 3.41. The standard InChI is InChI=1S/C11H14BrClFNO3S/c1-7(18-2)6-15-19(16,17)10-4-9(12)3-8(5-13)11(10)14/h3-4,7,15H,5-6H2,1-2H3. The highest BCUT2D eigenvalue weighted by molar-refractivity contribution is 9.10. The molecular weight excluding hydrogens is 361 g/mol. The number of benzene rings is 1. The summed E-state index contributed by atoms with van der Waals surface area (Å²) in [7, 11) is -2.48. The number of rotatable bonds is 6. The third-order valence-electron chi connectivity index (χ3n) is 2.48. The average Bonchev–Trinajstić information content (AvgIpc) is 2.38. The molecule has 0 radical (unpaired) electrons. The highest BCUT2D eigenvalue weighted by atomic mass is 79.9. The monoisotopic (exact) mass is 373 g/mol. The van der Waals surface area contributed by atoms with Crippen LogP contribution in [0.1, 0.15) is 12.5 Å². The molecule has 1 atom stereocenters. The SMILES string of the molecule is COC(C)CNS(=O)(=O)c1cc(Br)cc(CCl)c1F. The molecule has 1 rings (SSSR count). The number of hydrogen-bond acceptors (Lipinski definition) is 3. The quantitative estimate of drug-likeness (QED) is 0.779. The maximum atomic E-state index is 14.0. The first kappa shape index (κ1) is 16.8. The lowest BCUT2D eigenvalue weighted by Gasteiger charge is -2.13. The van der Waals surface area contributed by atoms with Crippen molar-refractivity contribution in [1.29, 1.82) is 0 Å². The van der Waals surface area contributed by atoms with Crippen LogP contribution in [0.3, 0.4) is 0 Å². The molecule has 1 aromatic carbocycles. The average molecular weight is 375 g/mol. The minimum absolute atomic E-state index is 0.0565. The Bertz CT molecular complexity index is 553. The van der Waals surface area contributed by atoms with Crippen molar-refractivity contribution in [2.45, 2.75) is 23.8 Å². The van der Waals surface area contributed by atoms with E-state index in [-0.39, 0.29) is 24.1 Å². The third-order valence-corrected chi connectivity index (χ3v) is 4.64. The molecule has 0 saturated heterocycles. The van der Waals surface area contributed by atoms with Gasteiger partial charge in [0, 0.05) is 23.7 Å². The minimum atomic E-state index is -3.94. The molecule has 0 bridgehead atoms. The fraction of sp³-hybridized carbons (Fsp3) is 0.455. The molecule has 0 aliphatic carbocycles. The van der Waals surface area contributed by atoms with E-state index in [0.717, 1.165) is 0 Å². The maximum absolute atomic E-state index is 14.0. The Morgan fingerprint density at radius 1 is 1.53 bits per heavy atom. The van der Waals surface area contributed by atoms with E-state index < -0.39 is 20.7 Å². The van der Waals surface area contributed by atoms with Crippen molar-refractivity contribution in [1.82, 2.24) is 4.72 Å². The van der Waals surface area contributed by atoms with Gasteiger partial charge in [0.2, 0.25) is 10.0 Å². The zero-order valence-electron chi connectivity index (χ0n) is 10.4. The van der Waals surface area contributed by atoms with Crippen LogP contribution >= 0.6 is 27.5 Å². The van der Waals surface area contributed by atoms with E-state index in [1.807, 2.05) is 0 Å². The maximum Gasteiger partial charge on any atom is 0.243 e. The molecule has 0 aliphatic heterocycles. The van der Waals surface area contributed by atoms with Gasteiger partial charge in [-0.05, 0) is 19.1 Å². The van der Waals surface area contributed by atoms with E-state index in [4.69, 9.17) is 16.3 Å². The predicted octanol–water partition coefficient (Wildman–Crippen LogP) is 2.64. The van der Waals surface area contributed by atoms with Crippen molar-refractivity contribution in [3.8, 4) is 0 Å². The van der Waals surface area contributed by atoms with Gasteiger partial charge in [-0.3, -0.25) is 0 Å². The number of ether oxygens (including phenoxy) is 1. The van der Waals surface area contributed by atoms with E-state index in [0.29, 0.717) is 4.47 Å². The Morgan fingerprint density at radius 3 is 2.68 bits per heavy atom. The summed E-state index contributed by atoms with van der Waals surface area (Å²) in [6.07, 6.45) is -0.308. The van der Waals surface area contributed by atoms with Gasteiger partial charge in [-0.1, -0.05) is 15.9 Å². The second-order valence-electron chi connectivity index (χ2n) is 3.91. The van der Waals surface area contributed by atoms with Crippen LogP contribution in [0.2, 0.25) is 0 Å².